The summed E-state index contributed by atoms with van der Waals surface area (Å²) in [5, 5.41) is 20.3. The van der Waals surface area contributed by atoms with Gasteiger partial charge in [0, 0.05) is 5.70 Å². The van der Waals surface area contributed by atoms with Crippen molar-refractivity contribution in [2.24, 2.45) is 5.92 Å². The molecule has 31 heavy (non-hydrogen) atoms. The second-order valence-electron chi connectivity index (χ2n) is 7.87. The van der Waals surface area contributed by atoms with E-state index in [1.807, 2.05) is 6.08 Å². The summed E-state index contributed by atoms with van der Waals surface area (Å²) in [4.78, 5) is 14.6. The summed E-state index contributed by atoms with van der Waals surface area (Å²) in [6.07, 6.45) is 10.4. The van der Waals surface area contributed by atoms with Gasteiger partial charge in [0.25, 0.3) is 0 Å². The van der Waals surface area contributed by atoms with Gasteiger partial charge in [0.1, 0.15) is 11.6 Å². The number of hydrogen-bond donors (Lipinski definition) is 2. The number of likely N-dealkylation sites (tertiary alicyclic amines) is 1. The molecule has 1 aliphatic carbocycles. The Labute approximate surface area is 181 Å². The number of rotatable bonds is 7. The van der Waals surface area contributed by atoms with Gasteiger partial charge in [-0.25, -0.2) is 8.78 Å². The van der Waals surface area contributed by atoms with Gasteiger partial charge in [-0.15, -0.1) is 0 Å². The third-order valence-corrected chi connectivity index (χ3v) is 5.62. The molecule has 4 nitrogen and oxygen atoms in total. The normalized spacial score (nSPS) is 23.1. The average Bonchev–Trinajstić information content (AvgIpc) is 2.94. The van der Waals surface area contributed by atoms with Crippen LogP contribution in [0.25, 0.3) is 0 Å². The maximum Gasteiger partial charge on any atom is 0.232 e. The highest BCUT2D eigenvalue weighted by molar-refractivity contribution is 5.89. The van der Waals surface area contributed by atoms with E-state index in [2.05, 4.69) is 0 Å². The second kappa shape index (κ2) is 9.88. The predicted molar refractivity (Wildman–Crippen MR) is 116 cm³/mol. The first-order chi connectivity index (χ1) is 14.8. The Balaban J connectivity index is 1.79. The zero-order valence-corrected chi connectivity index (χ0v) is 17.6. The molecule has 164 valence electrons. The van der Waals surface area contributed by atoms with Crippen LogP contribution in [0.4, 0.5) is 8.78 Å². The first-order valence-corrected chi connectivity index (χ1v) is 10.3. The number of amides is 1. The monoisotopic (exact) mass is 427 g/mol. The predicted octanol–water partition coefficient (Wildman–Crippen LogP) is 5.57. The van der Waals surface area contributed by atoms with E-state index in [0.717, 1.165) is 5.57 Å². The molecule has 2 aliphatic rings. The number of carbonyl (C=O) groups excluding carboxylic acids is 1. The van der Waals surface area contributed by atoms with Crippen molar-refractivity contribution in [1.29, 1.82) is 0 Å². The number of benzene rings is 1. The highest BCUT2D eigenvalue weighted by Crippen LogP contribution is 2.40. The summed E-state index contributed by atoms with van der Waals surface area (Å²) in [6.45, 7) is 3.09. The van der Waals surface area contributed by atoms with E-state index < -0.39 is 6.10 Å². The summed E-state index contributed by atoms with van der Waals surface area (Å²) < 4.78 is 26.3. The standard InChI is InChI=1S/C25H27F2NO3/c1-16(26)6-7-17(2)28-24(19-4-3-5-21(29)13-10-19)22(25(28)31)14-15-23(30)18-8-11-20(27)12-9-18/h4-13,22-24,29-30H,3,14-15H2,1-2H3/b16-6+,17-7+/t22?,23-,24-/m1/s1. The van der Waals surface area contributed by atoms with Crippen LogP contribution < -0.4 is 0 Å². The third-order valence-electron chi connectivity index (χ3n) is 5.62. The maximum atomic E-state index is 13.2. The lowest BCUT2D eigenvalue weighted by atomic mass is 9.77. The highest BCUT2D eigenvalue weighted by Gasteiger charge is 2.48. The van der Waals surface area contributed by atoms with Gasteiger partial charge < -0.3 is 15.1 Å². The van der Waals surface area contributed by atoms with Crippen molar-refractivity contribution in [2.45, 2.75) is 45.3 Å². The van der Waals surface area contributed by atoms with Gasteiger partial charge in [-0.1, -0.05) is 24.3 Å². The topological polar surface area (TPSA) is 60.8 Å². The molecule has 0 bridgehead atoms. The molecule has 0 spiro atoms. The van der Waals surface area contributed by atoms with E-state index in [0.29, 0.717) is 30.5 Å². The fraction of sp³-hybridized carbons (Fsp3) is 0.320. The summed E-state index contributed by atoms with van der Waals surface area (Å²) >= 11 is 0. The van der Waals surface area contributed by atoms with Gasteiger partial charge in [0.05, 0.1) is 23.9 Å². The molecular weight excluding hydrogens is 400 g/mol. The molecule has 3 atom stereocenters. The van der Waals surface area contributed by atoms with Gasteiger partial charge in [0.2, 0.25) is 5.91 Å². The molecule has 1 aromatic rings. The minimum absolute atomic E-state index is 0.0919. The number of carbonyl (C=O) groups is 1. The van der Waals surface area contributed by atoms with Crippen LogP contribution in [0.15, 0.2) is 83.6 Å². The summed E-state index contributed by atoms with van der Waals surface area (Å²) in [5.41, 5.74) is 2.11. The van der Waals surface area contributed by atoms with E-state index in [-0.39, 0.29) is 35.3 Å². The number of aliphatic hydroxyl groups excluding tert-OH is 2. The van der Waals surface area contributed by atoms with Crippen LogP contribution in [0.5, 0.6) is 0 Å². The first kappa shape index (κ1) is 22.7. The van der Waals surface area contributed by atoms with Crippen molar-refractivity contribution >= 4 is 5.91 Å². The van der Waals surface area contributed by atoms with Crippen LogP contribution in [0.2, 0.25) is 0 Å². The van der Waals surface area contributed by atoms with Crippen molar-refractivity contribution in [3.05, 3.63) is 95.0 Å². The maximum absolute atomic E-state index is 13.2. The van der Waals surface area contributed by atoms with Crippen molar-refractivity contribution in [3.8, 4) is 0 Å². The number of allylic oxidation sites excluding steroid dienone is 7. The molecule has 1 saturated heterocycles. The molecule has 1 aliphatic heterocycles. The Hall–Kier alpha value is -2.99. The fourth-order valence-corrected chi connectivity index (χ4v) is 3.96. The Morgan fingerprint density at radius 3 is 2.58 bits per heavy atom. The van der Waals surface area contributed by atoms with E-state index in [1.54, 1.807) is 36.1 Å². The lowest BCUT2D eigenvalue weighted by Gasteiger charge is -2.48. The van der Waals surface area contributed by atoms with Crippen LogP contribution in [-0.2, 0) is 4.79 Å². The van der Waals surface area contributed by atoms with E-state index in [1.165, 1.54) is 37.3 Å². The van der Waals surface area contributed by atoms with Gasteiger partial charge in [0.15, 0.2) is 0 Å². The van der Waals surface area contributed by atoms with Crippen molar-refractivity contribution in [3.63, 3.8) is 0 Å². The molecule has 2 N–H and O–H groups in total. The molecule has 0 saturated carbocycles. The van der Waals surface area contributed by atoms with Crippen LogP contribution in [0.3, 0.4) is 0 Å². The number of nitrogens with zero attached hydrogens (tertiary/aromatic N) is 1. The van der Waals surface area contributed by atoms with E-state index in [9.17, 15) is 23.8 Å². The lowest BCUT2D eigenvalue weighted by Crippen LogP contribution is -2.60. The number of β-lactam (4-membered cyclic amide) rings is 1. The molecule has 3 rings (SSSR count). The molecule has 6 heteroatoms. The quantitative estimate of drug-likeness (QED) is 0.442. The van der Waals surface area contributed by atoms with Crippen molar-refractivity contribution < 1.29 is 23.8 Å². The van der Waals surface area contributed by atoms with Crippen molar-refractivity contribution in [1.82, 2.24) is 4.90 Å². The molecule has 1 heterocycles. The minimum atomic E-state index is -0.804. The lowest BCUT2D eigenvalue weighted by molar-refractivity contribution is -0.150. The van der Waals surface area contributed by atoms with Crippen LogP contribution in [-0.4, -0.2) is 27.1 Å². The Morgan fingerprint density at radius 2 is 1.90 bits per heavy atom. The smallest absolute Gasteiger partial charge is 0.232 e. The molecule has 1 aromatic carbocycles. The van der Waals surface area contributed by atoms with E-state index >= 15 is 0 Å². The second-order valence-corrected chi connectivity index (χ2v) is 7.87. The molecule has 1 unspecified atom stereocenters. The number of aliphatic hydroxyl groups is 2. The average molecular weight is 427 g/mol. The van der Waals surface area contributed by atoms with Crippen LogP contribution >= 0.6 is 0 Å². The van der Waals surface area contributed by atoms with Gasteiger partial charge in [-0.05, 0) is 80.7 Å². The molecule has 1 fully saturated rings. The van der Waals surface area contributed by atoms with Gasteiger partial charge >= 0.3 is 0 Å². The summed E-state index contributed by atoms with van der Waals surface area (Å²) in [6, 6.07) is 5.40. The van der Waals surface area contributed by atoms with Crippen molar-refractivity contribution in [2.75, 3.05) is 0 Å². The Kier molecular flexibility index (Phi) is 7.23. The summed E-state index contributed by atoms with van der Waals surface area (Å²) in [7, 11) is 0. The van der Waals surface area contributed by atoms with E-state index in [4.69, 9.17) is 0 Å². The largest absolute Gasteiger partial charge is 0.508 e. The number of hydrogen-bond acceptors (Lipinski definition) is 3. The SMILES string of the molecule is C/C(F)=C\C=C(/C)N1C(=O)C(CC[C@@H](O)c2ccc(F)cc2)[C@H]1C1=CCC=C(O)C=C1. The highest BCUT2D eigenvalue weighted by atomic mass is 19.1. The zero-order chi connectivity index (χ0) is 22.5. The van der Waals surface area contributed by atoms with Gasteiger partial charge in [-0.2, -0.15) is 0 Å². The Bertz CT molecular complexity index is 969. The number of halogens is 2. The fourth-order valence-electron chi connectivity index (χ4n) is 3.96. The molecule has 0 radical (unpaired) electrons. The zero-order valence-electron chi connectivity index (χ0n) is 17.6. The van der Waals surface area contributed by atoms with Crippen LogP contribution in [0, 0.1) is 11.7 Å². The minimum Gasteiger partial charge on any atom is -0.508 e. The van der Waals surface area contributed by atoms with Crippen LogP contribution in [0.1, 0.15) is 44.8 Å². The molecule has 1 amide bonds. The summed E-state index contributed by atoms with van der Waals surface area (Å²) in [5.74, 6) is -1.01. The van der Waals surface area contributed by atoms with Gasteiger partial charge in [-0.3, -0.25) is 4.79 Å². The first-order valence-electron chi connectivity index (χ1n) is 10.3. The molecule has 0 aromatic heterocycles. The Morgan fingerprint density at radius 1 is 1.19 bits per heavy atom. The molecular formula is C25H27F2NO3. The third kappa shape index (κ3) is 5.39.